The number of carbonyl (C=O) groups is 2. The Balaban J connectivity index is 2.05. The molecule has 0 atom stereocenters. The molecular weight excluding hydrogens is 420 g/mol. The zero-order valence-corrected chi connectivity index (χ0v) is 19.5. The molecule has 1 amide bonds. The first-order valence-electron chi connectivity index (χ1n) is 10.9. The first-order chi connectivity index (χ1) is 15.9. The fourth-order valence-electron chi connectivity index (χ4n) is 2.91. The van der Waals surface area contributed by atoms with E-state index < -0.39 is 11.9 Å². The van der Waals surface area contributed by atoms with Crippen molar-refractivity contribution in [3.8, 4) is 23.3 Å². The standard InChI is InChI=1S/C26H30N2O5/c1-5-6-12-28-26(30)21(16-27)13-19-10-11-23(24(14-19)31-4)33-25(29)17-32-22-9-7-8-20(15-22)18(2)3/h7-11,13-15,18H,5-6,12,17H2,1-4H3,(H,28,30)/b21-13+. The van der Waals surface area contributed by atoms with Crippen LogP contribution in [0.2, 0.25) is 0 Å². The summed E-state index contributed by atoms with van der Waals surface area (Å²) in [7, 11) is 1.44. The summed E-state index contributed by atoms with van der Waals surface area (Å²) in [4.78, 5) is 24.4. The molecule has 7 heteroatoms. The maximum Gasteiger partial charge on any atom is 0.349 e. The second kappa shape index (κ2) is 12.9. The van der Waals surface area contributed by atoms with E-state index in [0.717, 1.165) is 18.4 Å². The van der Waals surface area contributed by atoms with Crippen molar-refractivity contribution < 1.29 is 23.8 Å². The van der Waals surface area contributed by atoms with Crippen LogP contribution in [0.5, 0.6) is 17.2 Å². The Morgan fingerprint density at radius 3 is 2.61 bits per heavy atom. The van der Waals surface area contributed by atoms with Gasteiger partial charge in [0.25, 0.3) is 5.91 Å². The van der Waals surface area contributed by atoms with Crippen molar-refractivity contribution in [1.29, 1.82) is 5.26 Å². The summed E-state index contributed by atoms with van der Waals surface area (Å²) in [6.07, 6.45) is 3.24. The quantitative estimate of drug-likeness (QED) is 0.176. The highest BCUT2D eigenvalue weighted by Gasteiger charge is 2.13. The van der Waals surface area contributed by atoms with Gasteiger partial charge in [-0.05, 0) is 53.8 Å². The van der Waals surface area contributed by atoms with Crippen LogP contribution >= 0.6 is 0 Å². The minimum absolute atomic E-state index is 0.0186. The molecule has 2 aromatic rings. The van der Waals surface area contributed by atoms with Gasteiger partial charge in [-0.3, -0.25) is 4.79 Å². The van der Waals surface area contributed by atoms with Gasteiger partial charge in [0.15, 0.2) is 18.1 Å². The van der Waals surface area contributed by atoms with Gasteiger partial charge in [-0.15, -0.1) is 0 Å². The molecule has 2 rings (SSSR count). The molecule has 1 N–H and O–H groups in total. The van der Waals surface area contributed by atoms with Crippen molar-refractivity contribution in [1.82, 2.24) is 5.32 Å². The van der Waals surface area contributed by atoms with Crippen LogP contribution in [0.1, 0.15) is 50.7 Å². The minimum Gasteiger partial charge on any atom is -0.493 e. The monoisotopic (exact) mass is 450 g/mol. The fourth-order valence-corrected chi connectivity index (χ4v) is 2.91. The number of methoxy groups -OCH3 is 1. The maximum atomic E-state index is 12.3. The third-order valence-electron chi connectivity index (χ3n) is 4.78. The second-order valence-electron chi connectivity index (χ2n) is 7.68. The number of esters is 1. The number of benzene rings is 2. The summed E-state index contributed by atoms with van der Waals surface area (Å²) >= 11 is 0. The van der Waals surface area contributed by atoms with Gasteiger partial charge in [-0.1, -0.05) is 45.4 Å². The van der Waals surface area contributed by atoms with Crippen molar-refractivity contribution in [2.75, 3.05) is 20.3 Å². The van der Waals surface area contributed by atoms with Crippen LogP contribution < -0.4 is 19.5 Å². The Kier molecular flexibility index (Phi) is 9.97. The van der Waals surface area contributed by atoms with Gasteiger partial charge in [0, 0.05) is 6.54 Å². The number of carbonyl (C=O) groups excluding carboxylic acids is 2. The molecule has 33 heavy (non-hydrogen) atoms. The summed E-state index contributed by atoms with van der Waals surface area (Å²) in [6, 6.07) is 14.2. The predicted molar refractivity (Wildman–Crippen MR) is 126 cm³/mol. The molecule has 0 aliphatic carbocycles. The SMILES string of the molecule is CCCCNC(=O)/C(C#N)=C/c1ccc(OC(=O)COc2cccc(C(C)C)c2)c(OC)c1. The van der Waals surface area contributed by atoms with Gasteiger partial charge in [0.2, 0.25) is 0 Å². The summed E-state index contributed by atoms with van der Waals surface area (Å²) in [5.41, 5.74) is 1.66. The molecule has 0 aliphatic heterocycles. The Morgan fingerprint density at radius 1 is 1.15 bits per heavy atom. The highest BCUT2D eigenvalue weighted by molar-refractivity contribution is 6.01. The van der Waals surface area contributed by atoms with E-state index in [2.05, 4.69) is 19.2 Å². The first kappa shape index (κ1) is 25.5. The molecule has 0 radical (unpaired) electrons. The Morgan fingerprint density at radius 2 is 1.94 bits per heavy atom. The zero-order valence-electron chi connectivity index (χ0n) is 19.5. The number of rotatable bonds is 11. The van der Waals surface area contributed by atoms with Crippen molar-refractivity contribution in [3.05, 3.63) is 59.2 Å². The summed E-state index contributed by atoms with van der Waals surface area (Å²) in [5.74, 6) is 0.430. The topological polar surface area (TPSA) is 97.7 Å². The lowest BCUT2D eigenvalue weighted by molar-refractivity contribution is -0.136. The van der Waals surface area contributed by atoms with Crippen molar-refractivity contribution in [3.63, 3.8) is 0 Å². The van der Waals surface area contributed by atoms with Gasteiger partial charge in [0.1, 0.15) is 17.4 Å². The molecule has 0 heterocycles. The molecule has 0 saturated carbocycles. The van der Waals surface area contributed by atoms with Crippen molar-refractivity contribution in [2.24, 2.45) is 0 Å². The van der Waals surface area contributed by atoms with Crippen LogP contribution in [0.3, 0.4) is 0 Å². The lowest BCUT2D eigenvalue weighted by atomic mass is 10.0. The Hall–Kier alpha value is -3.79. The lowest BCUT2D eigenvalue weighted by Crippen LogP contribution is -2.25. The van der Waals surface area contributed by atoms with Crippen LogP contribution in [0, 0.1) is 11.3 Å². The highest BCUT2D eigenvalue weighted by atomic mass is 16.6. The number of nitriles is 1. The maximum absolute atomic E-state index is 12.3. The van der Waals surface area contributed by atoms with Crippen LogP contribution in [0.15, 0.2) is 48.0 Å². The molecule has 0 spiro atoms. The number of hydrogen-bond donors (Lipinski definition) is 1. The summed E-state index contributed by atoms with van der Waals surface area (Å²) < 4.78 is 16.3. The normalized spacial score (nSPS) is 11.0. The molecule has 0 aromatic heterocycles. The van der Waals surface area contributed by atoms with E-state index >= 15 is 0 Å². The van der Waals surface area contributed by atoms with Gasteiger partial charge in [-0.25, -0.2) is 4.79 Å². The highest BCUT2D eigenvalue weighted by Crippen LogP contribution is 2.29. The average Bonchev–Trinajstić information content (AvgIpc) is 2.82. The van der Waals surface area contributed by atoms with Gasteiger partial charge in [0.05, 0.1) is 7.11 Å². The van der Waals surface area contributed by atoms with E-state index in [0.29, 0.717) is 29.5 Å². The Labute approximate surface area is 195 Å². The van der Waals surface area contributed by atoms with E-state index in [1.54, 1.807) is 24.3 Å². The number of nitrogens with zero attached hydrogens (tertiary/aromatic N) is 1. The Bertz CT molecular complexity index is 1040. The van der Waals surface area contributed by atoms with E-state index in [9.17, 15) is 14.9 Å². The zero-order chi connectivity index (χ0) is 24.2. The van der Waals surface area contributed by atoms with Crippen LogP contribution in [-0.4, -0.2) is 32.1 Å². The summed E-state index contributed by atoms with van der Waals surface area (Å²) in [6.45, 7) is 6.43. The predicted octanol–water partition coefficient (Wildman–Crippen LogP) is 4.63. The molecule has 2 aromatic carbocycles. The molecule has 0 saturated heterocycles. The first-order valence-corrected chi connectivity index (χ1v) is 10.9. The molecule has 0 bridgehead atoms. The summed E-state index contributed by atoms with van der Waals surface area (Å²) in [5, 5.41) is 12.0. The smallest absolute Gasteiger partial charge is 0.349 e. The number of nitrogens with one attached hydrogen (secondary N) is 1. The van der Waals surface area contributed by atoms with Crippen LogP contribution in [-0.2, 0) is 9.59 Å². The lowest BCUT2D eigenvalue weighted by Gasteiger charge is -2.12. The average molecular weight is 451 g/mol. The van der Waals surface area contributed by atoms with Crippen LogP contribution in [0.25, 0.3) is 6.08 Å². The number of amides is 1. The molecule has 0 unspecified atom stereocenters. The van der Waals surface area contributed by atoms with Crippen molar-refractivity contribution >= 4 is 18.0 Å². The molecular formula is C26H30N2O5. The molecule has 0 aliphatic rings. The van der Waals surface area contributed by atoms with Crippen molar-refractivity contribution in [2.45, 2.75) is 39.5 Å². The van der Waals surface area contributed by atoms with Gasteiger partial charge < -0.3 is 19.5 Å². The number of unbranched alkanes of at least 4 members (excludes halogenated alkanes) is 1. The second-order valence-corrected chi connectivity index (χ2v) is 7.68. The van der Waals surface area contributed by atoms with E-state index in [1.165, 1.54) is 13.2 Å². The van der Waals surface area contributed by atoms with Gasteiger partial charge in [-0.2, -0.15) is 5.26 Å². The van der Waals surface area contributed by atoms with E-state index in [-0.39, 0.29) is 17.9 Å². The minimum atomic E-state index is -0.584. The number of hydrogen-bond acceptors (Lipinski definition) is 6. The third kappa shape index (κ3) is 8.00. The largest absolute Gasteiger partial charge is 0.493 e. The van der Waals surface area contributed by atoms with E-state index in [4.69, 9.17) is 14.2 Å². The molecule has 0 fully saturated rings. The van der Waals surface area contributed by atoms with Gasteiger partial charge >= 0.3 is 5.97 Å². The van der Waals surface area contributed by atoms with Crippen LogP contribution in [0.4, 0.5) is 0 Å². The van der Waals surface area contributed by atoms with E-state index in [1.807, 2.05) is 31.2 Å². The number of ether oxygens (including phenoxy) is 3. The molecule has 7 nitrogen and oxygen atoms in total. The third-order valence-corrected chi connectivity index (χ3v) is 4.78. The fraction of sp³-hybridized carbons (Fsp3) is 0.346. The molecule has 174 valence electrons.